The monoisotopic (exact) mass is 307 g/mol. The SMILES string of the molecule is Cc1ccc(Nc2nc3c([nH]c4ccccc43)c(=O)s2)cc1. The zero-order valence-corrected chi connectivity index (χ0v) is 12.7. The van der Waals surface area contributed by atoms with E-state index in [0.29, 0.717) is 16.2 Å². The fourth-order valence-corrected chi connectivity index (χ4v) is 3.20. The van der Waals surface area contributed by atoms with Crippen molar-refractivity contribution in [3.05, 3.63) is 63.6 Å². The number of hydrogen-bond donors (Lipinski definition) is 2. The number of rotatable bonds is 2. The Labute approximate surface area is 130 Å². The van der Waals surface area contributed by atoms with Gasteiger partial charge in [0.15, 0.2) is 5.13 Å². The van der Waals surface area contributed by atoms with Crippen LogP contribution in [0.25, 0.3) is 21.9 Å². The summed E-state index contributed by atoms with van der Waals surface area (Å²) in [6.07, 6.45) is 0. The zero-order chi connectivity index (χ0) is 15.1. The van der Waals surface area contributed by atoms with Gasteiger partial charge in [-0.1, -0.05) is 47.2 Å². The molecular weight excluding hydrogens is 294 g/mol. The molecule has 0 saturated carbocycles. The van der Waals surface area contributed by atoms with Gasteiger partial charge < -0.3 is 10.3 Å². The number of para-hydroxylation sites is 1. The second kappa shape index (κ2) is 4.96. The lowest BCUT2D eigenvalue weighted by atomic mass is 10.2. The van der Waals surface area contributed by atoms with Gasteiger partial charge in [-0.2, -0.15) is 0 Å². The topological polar surface area (TPSA) is 57.8 Å². The summed E-state index contributed by atoms with van der Waals surface area (Å²) in [6, 6.07) is 15.8. The normalized spacial score (nSPS) is 11.1. The molecule has 0 bridgehead atoms. The highest BCUT2D eigenvalue weighted by molar-refractivity contribution is 7.13. The maximum absolute atomic E-state index is 12.3. The van der Waals surface area contributed by atoms with Gasteiger partial charge in [-0.25, -0.2) is 4.98 Å². The first kappa shape index (κ1) is 13.0. The van der Waals surface area contributed by atoms with E-state index >= 15 is 0 Å². The molecule has 2 aromatic heterocycles. The molecule has 0 atom stereocenters. The largest absolute Gasteiger partial charge is 0.349 e. The smallest absolute Gasteiger partial charge is 0.261 e. The molecule has 4 nitrogen and oxygen atoms in total. The number of anilines is 2. The third kappa shape index (κ3) is 2.16. The third-order valence-corrected chi connectivity index (χ3v) is 4.36. The highest BCUT2D eigenvalue weighted by atomic mass is 32.1. The van der Waals surface area contributed by atoms with Gasteiger partial charge in [-0.3, -0.25) is 4.79 Å². The van der Waals surface area contributed by atoms with Crippen LogP contribution < -0.4 is 10.1 Å². The van der Waals surface area contributed by atoms with Crippen molar-refractivity contribution in [3.8, 4) is 0 Å². The Bertz CT molecular complexity index is 1030. The number of aromatic amines is 1. The first-order chi connectivity index (χ1) is 10.7. The van der Waals surface area contributed by atoms with Gasteiger partial charge in [0.1, 0.15) is 11.0 Å². The minimum absolute atomic E-state index is 0.0178. The molecular formula is C17H13N3OS. The van der Waals surface area contributed by atoms with E-state index in [4.69, 9.17) is 0 Å². The Morgan fingerprint density at radius 2 is 1.86 bits per heavy atom. The lowest BCUT2D eigenvalue weighted by molar-refractivity contribution is 1.41. The highest BCUT2D eigenvalue weighted by Crippen LogP contribution is 2.25. The first-order valence-corrected chi connectivity index (χ1v) is 7.77. The van der Waals surface area contributed by atoms with Crippen LogP contribution in [0.5, 0.6) is 0 Å². The summed E-state index contributed by atoms with van der Waals surface area (Å²) in [4.78, 5) is 20.1. The van der Waals surface area contributed by atoms with E-state index < -0.39 is 0 Å². The number of nitrogens with zero attached hydrogens (tertiary/aromatic N) is 1. The Morgan fingerprint density at radius 3 is 2.68 bits per heavy atom. The van der Waals surface area contributed by atoms with Crippen LogP contribution in [0.1, 0.15) is 5.56 Å². The van der Waals surface area contributed by atoms with E-state index in [1.54, 1.807) is 0 Å². The molecule has 0 fully saturated rings. The van der Waals surface area contributed by atoms with Crippen molar-refractivity contribution >= 4 is 44.1 Å². The molecule has 0 aliphatic carbocycles. The highest BCUT2D eigenvalue weighted by Gasteiger charge is 2.11. The molecule has 0 unspecified atom stereocenters. The van der Waals surface area contributed by atoms with Crippen molar-refractivity contribution < 1.29 is 0 Å². The fourth-order valence-electron chi connectivity index (χ4n) is 2.47. The minimum atomic E-state index is -0.0178. The van der Waals surface area contributed by atoms with Crippen molar-refractivity contribution in [3.63, 3.8) is 0 Å². The maximum Gasteiger partial charge on any atom is 0.261 e. The molecule has 0 saturated heterocycles. The van der Waals surface area contributed by atoms with Crippen molar-refractivity contribution in [2.24, 2.45) is 0 Å². The second-order valence-corrected chi connectivity index (χ2v) is 6.15. The molecule has 5 heteroatoms. The molecule has 0 spiro atoms. The van der Waals surface area contributed by atoms with Crippen LogP contribution in [0.2, 0.25) is 0 Å². The van der Waals surface area contributed by atoms with E-state index in [0.717, 1.165) is 27.9 Å². The molecule has 2 N–H and O–H groups in total. The Hall–Kier alpha value is -2.66. The minimum Gasteiger partial charge on any atom is -0.349 e. The maximum atomic E-state index is 12.3. The second-order valence-electron chi connectivity index (χ2n) is 5.19. The Morgan fingerprint density at radius 1 is 1.09 bits per heavy atom. The summed E-state index contributed by atoms with van der Waals surface area (Å²) in [5, 5.41) is 4.78. The predicted octanol–water partition coefficient (Wildman–Crippen LogP) is 4.19. The molecule has 2 heterocycles. The standard InChI is InChI=1S/C17H13N3OS/c1-10-6-8-11(9-7-10)18-17-20-14-12-4-2-3-5-13(12)19-15(14)16(21)22-17/h2-9,19H,1H3,(H,18,20). The van der Waals surface area contributed by atoms with Crippen LogP contribution >= 0.6 is 11.3 Å². The number of hydrogen-bond acceptors (Lipinski definition) is 4. The fraction of sp³-hybridized carbons (Fsp3) is 0.0588. The van der Waals surface area contributed by atoms with Crippen LogP contribution in [0.15, 0.2) is 53.3 Å². The Kier molecular flexibility index (Phi) is 2.94. The van der Waals surface area contributed by atoms with Crippen molar-refractivity contribution in [1.82, 2.24) is 9.97 Å². The average Bonchev–Trinajstić information content (AvgIpc) is 2.89. The summed E-state index contributed by atoms with van der Waals surface area (Å²) in [5.74, 6) is 0. The number of H-pyrrole nitrogens is 1. The third-order valence-electron chi connectivity index (χ3n) is 3.59. The van der Waals surface area contributed by atoms with Crippen LogP contribution in [0.3, 0.4) is 0 Å². The summed E-state index contributed by atoms with van der Waals surface area (Å²) >= 11 is 1.11. The van der Waals surface area contributed by atoms with Gasteiger partial charge >= 0.3 is 0 Å². The van der Waals surface area contributed by atoms with Crippen molar-refractivity contribution in [2.75, 3.05) is 5.32 Å². The molecule has 0 aliphatic rings. The zero-order valence-electron chi connectivity index (χ0n) is 11.9. The average molecular weight is 307 g/mol. The molecule has 0 aliphatic heterocycles. The van der Waals surface area contributed by atoms with Gasteiger partial charge in [0.05, 0.1) is 0 Å². The van der Waals surface area contributed by atoms with Gasteiger partial charge in [0, 0.05) is 16.6 Å². The van der Waals surface area contributed by atoms with Gasteiger partial charge in [0.2, 0.25) is 0 Å². The van der Waals surface area contributed by atoms with Crippen LogP contribution in [0, 0.1) is 6.92 Å². The lowest BCUT2D eigenvalue weighted by Gasteiger charge is -2.04. The summed E-state index contributed by atoms with van der Waals surface area (Å²) in [6.45, 7) is 2.04. The van der Waals surface area contributed by atoms with Gasteiger partial charge in [0.25, 0.3) is 4.74 Å². The lowest BCUT2D eigenvalue weighted by Crippen LogP contribution is -2.00. The summed E-state index contributed by atoms with van der Waals surface area (Å²) < 4.78 is -0.0178. The van der Waals surface area contributed by atoms with Crippen LogP contribution in [-0.4, -0.2) is 9.97 Å². The van der Waals surface area contributed by atoms with Gasteiger partial charge in [-0.15, -0.1) is 0 Å². The van der Waals surface area contributed by atoms with E-state index in [1.165, 1.54) is 5.56 Å². The molecule has 4 aromatic rings. The van der Waals surface area contributed by atoms with E-state index in [2.05, 4.69) is 15.3 Å². The van der Waals surface area contributed by atoms with E-state index in [1.807, 2.05) is 55.5 Å². The molecule has 0 amide bonds. The number of aromatic nitrogens is 2. The quantitative estimate of drug-likeness (QED) is 0.584. The number of aryl methyl sites for hydroxylation is 1. The molecule has 4 rings (SSSR count). The summed E-state index contributed by atoms with van der Waals surface area (Å²) in [7, 11) is 0. The summed E-state index contributed by atoms with van der Waals surface area (Å²) in [5.41, 5.74) is 4.34. The molecule has 2 aromatic carbocycles. The van der Waals surface area contributed by atoms with Crippen LogP contribution in [0.4, 0.5) is 10.8 Å². The first-order valence-electron chi connectivity index (χ1n) is 6.96. The number of fused-ring (bicyclic) bond motifs is 3. The van der Waals surface area contributed by atoms with E-state index in [9.17, 15) is 4.79 Å². The number of benzene rings is 2. The van der Waals surface area contributed by atoms with Crippen molar-refractivity contribution in [2.45, 2.75) is 6.92 Å². The van der Waals surface area contributed by atoms with E-state index in [-0.39, 0.29) is 4.74 Å². The molecule has 22 heavy (non-hydrogen) atoms. The van der Waals surface area contributed by atoms with Gasteiger partial charge in [-0.05, 0) is 25.1 Å². The Balaban J connectivity index is 1.86. The molecule has 0 radical (unpaired) electrons. The molecule has 108 valence electrons. The van der Waals surface area contributed by atoms with Crippen molar-refractivity contribution in [1.29, 1.82) is 0 Å². The predicted molar refractivity (Wildman–Crippen MR) is 92.2 cm³/mol. The number of nitrogens with one attached hydrogen (secondary N) is 2. The van der Waals surface area contributed by atoms with Crippen LogP contribution in [-0.2, 0) is 0 Å².